The van der Waals surface area contributed by atoms with Gasteiger partial charge in [-0.15, -0.1) is 5.10 Å². The van der Waals surface area contributed by atoms with Crippen LogP contribution in [0.3, 0.4) is 0 Å². The lowest BCUT2D eigenvalue weighted by molar-refractivity contribution is -0.118. The molecule has 1 fully saturated rings. The molecule has 6 nitrogen and oxygen atoms in total. The summed E-state index contributed by atoms with van der Waals surface area (Å²) < 4.78 is 10.5. The number of carbonyl (C=O) groups excluding carboxylic acids is 1. The summed E-state index contributed by atoms with van der Waals surface area (Å²) in [4.78, 5) is 12.2. The van der Waals surface area contributed by atoms with E-state index in [2.05, 4.69) is 15.5 Å². The summed E-state index contributed by atoms with van der Waals surface area (Å²) >= 11 is 13.3. The van der Waals surface area contributed by atoms with Crippen LogP contribution in [-0.2, 0) is 11.2 Å². The Bertz CT molecular complexity index is 950. The monoisotopic (exact) mass is 437 g/mol. The van der Waals surface area contributed by atoms with Crippen LogP contribution in [0.4, 0.5) is 0 Å². The van der Waals surface area contributed by atoms with Gasteiger partial charge in [-0.25, -0.2) is 0 Å². The molecule has 1 N–H and O–H groups in total. The number of rotatable bonds is 6. The van der Waals surface area contributed by atoms with Crippen LogP contribution in [-0.4, -0.2) is 36.8 Å². The number of hydrogen-bond acceptors (Lipinski definition) is 6. The van der Waals surface area contributed by atoms with Gasteiger partial charge in [0.15, 0.2) is 16.7 Å². The second-order valence-electron chi connectivity index (χ2n) is 5.81. The Kier molecular flexibility index (Phi) is 6.83. The molecule has 1 amide bonds. The molecule has 2 aromatic rings. The van der Waals surface area contributed by atoms with Crippen molar-refractivity contribution in [3.8, 4) is 11.5 Å². The van der Waals surface area contributed by atoms with E-state index in [-0.39, 0.29) is 11.2 Å². The van der Waals surface area contributed by atoms with Crippen molar-refractivity contribution >= 4 is 52.3 Å². The zero-order valence-electron chi connectivity index (χ0n) is 15.1. The van der Waals surface area contributed by atoms with Crippen LogP contribution in [0.25, 0.3) is 0 Å². The van der Waals surface area contributed by atoms with Gasteiger partial charge in [0, 0.05) is 0 Å². The second kappa shape index (κ2) is 9.32. The van der Waals surface area contributed by atoms with Gasteiger partial charge in [-0.2, -0.15) is 5.10 Å². The lowest BCUT2D eigenvalue weighted by Gasteiger charge is -2.07. The molecule has 0 spiro atoms. The summed E-state index contributed by atoms with van der Waals surface area (Å²) in [6, 6.07) is 10.7. The van der Waals surface area contributed by atoms with E-state index < -0.39 is 0 Å². The zero-order valence-corrected chi connectivity index (χ0v) is 17.4. The van der Waals surface area contributed by atoms with Crippen molar-refractivity contribution in [3.63, 3.8) is 0 Å². The molecule has 0 bridgehead atoms. The Balaban J connectivity index is 1.65. The van der Waals surface area contributed by atoms with Gasteiger partial charge in [0.25, 0.3) is 0 Å². The third-order valence-corrected chi connectivity index (χ3v) is 5.76. The minimum absolute atomic E-state index is 0.115. The molecule has 2 aromatic carbocycles. The van der Waals surface area contributed by atoms with E-state index in [9.17, 15) is 4.79 Å². The molecule has 0 radical (unpaired) electrons. The van der Waals surface area contributed by atoms with E-state index in [1.807, 2.05) is 12.1 Å². The molecule has 28 heavy (non-hydrogen) atoms. The summed E-state index contributed by atoms with van der Waals surface area (Å²) in [5.41, 5.74) is 1.72. The molecule has 0 saturated carbocycles. The standard InChI is InChI=1S/C19H17Cl2N3O3S/c1-26-15-6-4-12(8-16(15)27-2)10-22-24-19-23-18(25)17(28-19)9-11-3-5-13(20)14(21)7-11/h3-8,10,17H,9H2,1-2H3,(H,23,24,25)/b22-10-/t17-/m0/s1. The number of ether oxygens (including phenoxy) is 2. The minimum Gasteiger partial charge on any atom is -0.493 e. The molecule has 0 unspecified atom stereocenters. The van der Waals surface area contributed by atoms with E-state index in [1.54, 1.807) is 44.7 Å². The molecule has 1 heterocycles. The number of methoxy groups -OCH3 is 2. The summed E-state index contributed by atoms with van der Waals surface area (Å²) in [6.07, 6.45) is 2.10. The number of amides is 1. The normalized spacial score (nSPS) is 17.9. The molecule has 1 atom stereocenters. The number of nitrogens with one attached hydrogen (secondary N) is 1. The highest BCUT2D eigenvalue weighted by Crippen LogP contribution is 2.28. The van der Waals surface area contributed by atoms with E-state index in [4.69, 9.17) is 32.7 Å². The lowest BCUT2D eigenvalue weighted by Crippen LogP contribution is -2.25. The van der Waals surface area contributed by atoms with Crippen LogP contribution >= 0.6 is 35.0 Å². The molecule has 146 valence electrons. The third kappa shape index (κ3) is 4.98. The van der Waals surface area contributed by atoms with Crippen molar-refractivity contribution in [1.29, 1.82) is 0 Å². The fourth-order valence-electron chi connectivity index (χ4n) is 2.55. The summed E-state index contributed by atoms with van der Waals surface area (Å²) in [5.74, 6) is 1.12. The van der Waals surface area contributed by atoms with E-state index in [1.165, 1.54) is 11.8 Å². The van der Waals surface area contributed by atoms with Crippen molar-refractivity contribution in [3.05, 3.63) is 57.6 Å². The van der Waals surface area contributed by atoms with Gasteiger partial charge < -0.3 is 14.8 Å². The number of nitrogens with zero attached hydrogens (tertiary/aromatic N) is 2. The number of halogens is 2. The van der Waals surface area contributed by atoms with Gasteiger partial charge >= 0.3 is 0 Å². The van der Waals surface area contributed by atoms with E-state index in [0.29, 0.717) is 33.1 Å². The SMILES string of the molecule is COc1ccc(/C=N\N=C2/NC(=O)[C@H](Cc3ccc(Cl)c(Cl)c3)S2)cc1OC. The molecule has 1 aliphatic rings. The van der Waals surface area contributed by atoms with Crippen molar-refractivity contribution in [2.75, 3.05) is 14.2 Å². The molecular formula is C19H17Cl2N3O3S. The number of thioether (sulfide) groups is 1. The van der Waals surface area contributed by atoms with E-state index in [0.717, 1.165) is 11.1 Å². The van der Waals surface area contributed by atoms with Crippen LogP contribution < -0.4 is 14.8 Å². The number of hydrogen-bond donors (Lipinski definition) is 1. The smallest absolute Gasteiger partial charge is 0.239 e. The topological polar surface area (TPSA) is 72.3 Å². The molecule has 1 saturated heterocycles. The molecule has 0 aromatic heterocycles. The minimum atomic E-state index is -0.299. The number of benzene rings is 2. The second-order valence-corrected chi connectivity index (χ2v) is 7.82. The average molecular weight is 438 g/mol. The highest BCUT2D eigenvalue weighted by Gasteiger charge is 2.30. The molecule has 1 aliphatic heterocycles. The van der Waals surface area contributed by atoms with Crippen molar-refractivity contribution < 1.29 is 14.3 Å². The van der Waals surface area contributed by atoms with Crippen LogP contribution in [0.15, 0.2) is 46.6 Å². The lowest BCUT2D eigenvalue weighted by atomic mass is 10.1. The van der Waals surface area contributed by atoms with Gasteiger partial charge in [-0.05, 0) is 47.9 Å². The Morgan fingerprint density at radius 3 is 2.61 bits per heavy atom. The van der Waals surface area contributed by atoms with Crippen LogP contribution in [0.2, 0.25) is 10.0 Å². The Labute approximate surface area is 176 Å². The maximum absolute atomic E-state index is 12.2. The number of carbonyl (C=O) groups is 1. The van der Waals surface area contributed by atoms with E-state index >= 15 is 0 Å². The quantitative estimate of drug-likeness (QED) is 0.543. The van der Waals surface area contributed by atoms with Gasteiger partial charge in [0.05, 0.1) is 35.7 Å². The van der Waals surface area contributed by atoms with Gasteiger partial charge in [0.1, 0.15) is 0 Å². The molecule has 9 heteroatoms. The van der Waals surface area contributed by atoms with Crippen LogP contribution in [0, 0.1) is 0 Å². The number of amidine groups is 1. The fraction of sp³-hybridized carbons (Fsp3) is 0.211. The Morgan fingerprint density at radius 2 is 1.89 bits per heavy atom. The van der Waals surface area contributed by atoms with Gasteiger partial charge in [-0.1, -0.05) is 41.0 Å². The van der Waals surface area contributed by atoms with Crippen molar-refractivity contribution in [2.45, 2.75) is 11.7 Å². The summed E-state index contributed by atoms with van der Waals surface area (Å²) in [7, 11) is 3.14. The highest BCUT2D eigenvalue weighted by molar-refractivity contribution is 8.15. The molecule has 3 rings (SSSR count). The van der Waals surface area contributed by atoms with Crippen LogP contribution in [0.1, 0.15) is 11.1 Å². The van der Waals surface area contributed by atoms with Gasteiger partial charge in [-0.3, -0.25) is 4.79 Å². The molecular weight excluding hydrogens is 421 g/mol. The predicted molar refractivity (Wildman–Crippen MR) is 114 cm³/mol. The zero-order chi connectivity index (χ0) is 20.1. The summed E-state index contributed by atoms with van der Waals surface area (Å²) in [6.45, 7) is 0. The van der Waals surface area contributed by atoms with Crippen molar-refractivity contribution in [1.82, 2.24) is 5.32 Å². The fourth-order valence-corrected chi connectivity index (χ4v) is 3.83. The first-order valence-electron chi connectivity index (χ1n) is 8.24. The maximum atomic E-state index is 12.2. The first kappa shape index (κ1) is 20.5. The summed E-state index contributed by atoms with van der Waals surface area (Å²) in [5, 5.41) is 12.0. The third-order valence-electron chi connectivity index (χ3n) is 3.94. The van der Waals surface area contributed by atoms with Crippen LogP contribution in [0.5, 0.6) is 11.5 Å². The first-order valence-corrected chi connectivity index (χ1v) is 9.88. The highest BCUT2D eigenvalue weighted by atomic mass is 35.5. The maximum Gasteiger partial charge on any atom is 0.239 e. The first-order chi connectivity index (χ1) is 13.5. The largest absolute Gasteiger partial charge is 0.493 e. The Morgan fingerprint density at radius 1 is 1.11 bits per heavy atom. The predicted octanol–water partition coefficient (Wildman–Crippen LogP) is 4.17. The van der Waals surface area contributed by atoms with Gasteiger partial charge in [0.2, 0.25) is 5.91 Å². The average Bonchev–Trinajstić information content (AvgIpc) is 3.03. The Hall–Kier alpha value is -2.22. The molecule has 0 aliphatic carbocycles. The van der Waals surface area contributed by atoms with Crippen molar-refractivity contribution in [2.24, 2.45) is 10.2 Å².